The van der Waals surface area contributed by atoms with E-state index in [2.05, 4.69) is 34.3 Å². The number of hydrogen-bond donors (Lipinski definition) is 1. The van der Waals surface area contributed by atoms with E-state index >= 15 is 0 Å². The highest BCUT2D eigenvalue weighted by Gasteiger charge is 2.61. The zero-order valence-corrected chi connectivity index (χ0v) is 15.0. The van der Waals surface area contributed by atoms with Crippen molar-refractivity contribution in [2.75, 3.05) is 0 Å². The summed E-state index contributed by atoms with van der Waals surface area (Å²) in [5.74, 6) is 0.722. The van der Waals surface area contributed by atoms with Gasteiger partial charge in [-0.05, 0) is 65.3 Å². The Morgan fingerprint density at radius 3 is 2.43 bits per heavy atom. The number of carbonyl (C=O) groups excluding carboxylic acids is 1. The molecule has 0 spiro atoms. The molecule has 3 rings (SSSR count). The molecule has 0 radical (unpaired) electrons. The van der Waals surface area contributed by atoms with Crippen LogP contribution in [0.15, 0.2) is 12.6 Å². The van der Waals surface area contributed by atoms with Crippen molar-refractivity contribution in [2.45, 2.75) is 65.7 Å². The van der Waals surface area contributed by atoms with Crippen LogP contribution in [0, 0.1) is 17.8 Å². The highest BCUT2D eigenvalue weighted by molar-refractivity contribution is 5.87. The molecular formula is C21H28O2. The zero-order chi connectivity index (χ0) is 17.2. The van der Waals surface area contributed by atoms with Crippen LogP contribution in [0.4, 0.5) is 0 Å². The summed E-state index contributed by atoms with van der Waals surface area (Å²) in [6.07, 6.45) is 5.30. The second-order valence-electron chi connectivity index (χ2n) is 8.38. The minimum absolute atomic E-state index is 0.0948. The fourth-order valence-corrected chi connectivity index (χ4v) is 5.22. The van der Waals surface area contributed by atoms with Crippen molar-refractivity contribution in [1.29, 1.82) is 0 Å². The van der Waals surface area contributed by atoms with Gasteiger partial charge in [0, 0.05) is 11.8 Å². The average molecular weight is 312 g/mol. The minimum atomic E-state index is -0.341. The first-order valence-corrected chi connectivity index (χ1v) is 8.62. The molecule has 2 heteroatoms. The first-order valence-electron chi connectivity index (χ1n) is 8.62. The topological polar surface area (TPSA) is 37.3 Å². The summed E-state index contributed by atoms with van der Waals surface area (Å²) >= 11 is 0. The van der Waals surface area contributed by atoms with Crippen LogP contribution in [0.2, 0.25) is 0 Å². The van der Waals surface area contributed by atoms with Crippen molar-refractivity contribution < 1.29 is 9.90 Å². The Morgan fingerprint density at radius 2 is 1.83 bits per heavy atom. The molecule has 0 aliphatic heterocycles. The number of carbonyl (C=O) groups is 1. The quantitative estimate of drug-likeness (QED) is 0.797. The molecule has 2 nitrogen and oxygen atoms in total. The SMILES string of the molecule is C=Cc1c(C)c(O)cc2c1CC[C@]1(C)C(C)(C)C(=O)CC[C@@]21C. The van der Waals surface area contributed by atoms with Crippen molar-refractivity contribution in [3.05, 3.63) is 34.9 Å². The van der Waals surface area contributed by atoms with E-state index in [4.69, 9.17) is 0 Å². The fraction of sp³-hybridized carbons (Fsp3) is 0.571. The predicted molar refractivity (Wildman–Crippen MR) is 94.7 cm³/mol. The molecule has 1 aromatic rings. The van der Waals surface area contributed by atoms with E-state index in [1.807, 2.05) is 19.1 Å². The van der Waals surface area contributed by atoms with Gasteiger partial charge < -0.3 is 5.11 Å². The molecule has 0 aromatic heterocycles. The normalized spacial score (nSPS) is 32.1. The Balaban J connectivity index is 2.31. The fourth-order valence-electron chi connectivity index (χ4n) is 5.22. The molecular weight excluding hydrogens is 284 g/mol. The second kappa shape index (κ2) is 4.72. The summed E-state index contributed by atoms with van der Waals surface area (Å²) in [5.41, 5.74) is 4.01. The van der Waals surface area contributed by atoms with Crippen LogP contribution in [0.1, 0.15) is 69.2 Å². The molecule has 124 valence electrons. The Kier molecular flexibility index (Phi) is 3.34. The number of aromatic hydroxyl groups is 1. The molecule has 0 heterocycles. The standard InChI is InChI=1S/C21H28O2/c1-7-14-13(2)17(22)12-16-15(14)8-11-21(6)19(3,4)18(23)9-10-20(16,21)5/h7,12,22H,1,8-11H2,2-6H3/t20-,21+/m0/s1. The van der Waals surface area contributed by atoms with Gasteiger partial charge in [0.05, 0.1) is 0 Å². The minimum Gasteiger partial charge on any atom is -0.508 e. The first kappa shape index (κ1) is 16.3. The van der Waals surface area contributed by atoms with Gasteiger partial charge in [-0.25, -0.2) is 0 Å². The van der Waals surface area contributed by atoms with Crippen LogP contribution in [0.5, 0.6) is 5.75 Å². The first-order chi connectivity index (χ1) is 10.6. The van der Waals surface area contributed by atoms with Gasteiger partial charge in [0.2, 0.25) is 0 Å². The highest BCUT2D eigenvalue weighted by atomic mass is 16.3. The van der Waals surface area contributed by atoms with E-state index in [0.717, 1.165) is 30.4 Å². The molecule has 2 aliphatic carbocycles. The maximum Gasteiger partial charge on any atom is 0.139 e. The lowest BCUT2D eigenvalue weighted by atomic mass is 9.41. The van der Waals surface area contributed by atoms with Crippen LogP contribution in [0.3, 0.4) is 0 Å². The third-order valence-corrected chi connectivity index (χ3v) is 7.54. The van der Waals surface area contributed by atoms with Crippen molar-refractivity contribution in [2.24, 2.45) is 10.8 Å². The van der Waals surface area contributed by atoms with Gasteiger partial charge in [0.15, 0.2) is 0 Å². The third kappa shape index (κ3) is 1.78. The summed E-state index contributed by atoms with van der Waals surface area (Å²) in [7, 11) is 0. The van der Waals surface area contributed by atoms with Gasteiger partial charge in [-0.2, -0.15) is 0 Å². The number of Topliss-reactive ketones (excluding diaryl/α,β-unsaturated/α-hetero) is 1. The van der Waals surface area contributed by atoms with Crippen LogP contribution in [0.25, 0.3) is 6.08 Å². The molecule has 0 bridgehead atoms. The van der Waals surface area contributed by atoms with Crippen LogP contribution in [-0.4, -0.2) is 10.9 Å². The van der Waals surface area contributed by atoms with E-state index in [1.165, 1.54) is 11.1 Å². The second-order valence-corrected chi connectivity index (χ2v) is 8.38. The molecule has 2 atom stereocenters. The van der Waals surface area contributed by atoms with Crippen molar-refractivity contribution >= 4 is 11.9 Å². The number of fused-ring (bicyclic) bond motifs is 3. The summed E-state index contributed by atoms with van der Waals surface area (Å²) in [5, 5.41) is 10.4. The van der Waals surface area contributed by atoms with Crippen LogP contribution in [-0.2, 0) is 16.6 Å². The van der Waals surface area contributed by atoms with Gasteiger partial charge in [-0.1, -0.05) is 40.3 Å². The highest BCUT2D eigenvalue weighted by Crippen LogP contribution is 2.64. The van der Waals surface area contributed by atoms with Crippen molar-refractivity contribution in [3.63, 3.8) is 0 Å². The number of hydrogen-bond acceptors (Lipinski definition) is 2. The number of rotatable bonds is 1. The van der Waals surface area contributed by atoms with E-state index in [0.29, 0.717) is 18.0 Å². The lowest BCUT2D eigenvalue weighted by molar-refractivity contribution is -0.147. The largest absolute Gasteiger partial charge is 0.508 e. The lowest BCUT2D eigenvalue weighted by Crippen LogP contribution is -2.59. The molecule has 0 saturated heterocycles. The third-order valence-electron chi connectivity index (χ3n) is 7.54. The van der Waals surface area contributed by atoms with E-state index in [9.17, 15) is 9.90 Å². The van der Waals surface area contributed by atoms with Gasteiger partial charge in [0.1, 0.15) is 11.5 Å². The molecule has 1 aromatic carbocycles. The van der Waals surface area contributed by atoms with E-state index in [1.54, 1.807) is 0 Å². The lowest BCUT2D eigenvalue weighted by Gasteiger charge is -2.61. The average Bonchev–Trinajstić information content (AvgIpc) is 2.49. The molecule has 23 heavy (non-hydrogen) atoms. The summed E-state index contributed by atoms with van der Waals surface area (Å²) < 4.78 is 0. The maximum absolute atomic E-state index is 12.6. The Morgan fingerprint density at radius 1 is 1.17 bits per heavy atom. The molecule has 1 N–H and O–H groups in total. The number of phenolic OH excluding ortho intramolecular Hbond substituents is 1. The number of ketones is 1. The molecule has 0 unspecified atom stereocenters. The summed E-state index contributed by atoms with van der Waals surface area (Å²) in [4.78, 5) is 12.6. The van der Waals surface area contributed by atoms with Gasteiger partial charge in [-0.15, -0.1) is 0 Å². The van der Waals surface area contributed by atoms with Crippen molar-refractivity contribution in [3.8, 4) is 5.75 Å². The van der Waals surface area contributed by atoms with E-state index < -0.39 is 0 Å². The van der Waals surface area contributed by atoms with Gasteiger partial charge >= 0.3 is 0 Å². The maximum atomic E-state index is 12.6. The zero-order valence-electron chi connectivity index (χ0n) is 15.0. The predicted octanol–water partition coefficient (Wildman–Crippen LogP) is 4.94. The monoisotopic (exact) mass is 312 g/mol. The molecule has 1 fully saturated rings. The number of benzene rings is 1. The molecule has 1 saturated carbocycles. The Hall–Kier alpha value is -1.57. The smallest absolute Gasteiger partial charge is 0.139 e. The molecule has 0 amide bonds. The van der Waals surface area contributed by atoms with Crippen LogP contribution < -0.4 is 0 Å². The number of phenols is 1. The van der Waals surface area contributed by atoms with Gasteiger partial charge in [0.25, 0.3) is 0 Å². The molecule has 2 aliphatic rings. The van der Waals surface area contributed by atoms with Crippen LogP contribution >= 0.6 is 0 Å². The summed E-state index contributed by atoms with van der Waals surface area (Å²) in [6.45, 7) is 14.7. The van der Waals surface area contributed by atoms with Gasteiger partial charge in [-0.3, -0.25) is 4.79 Å². The van der Waals surface area contributed by atoms with E-state index in [-0.39, 0.29) is 16.2 Å². The van der Waals surface area contributed by atoms with Crippen molar-refractivity contribution in [1.82, 2.24) is 0 Å². The Bertz CT molecular complexity index is 713. The summed E-state index contributed by atoms with van der Waals surface area (Å²) in [6, 6.07) is 1.96. The Labute approximate surface area is 139 Å².